The Labute approximate surface area is 206 Å². The smallest absolute Gasteiger partial charge is 0.408 e. The summed E-state index contributed by atoms with van der Waals surface area (Å²) in [6, 6.07) is 18.0. The molecule has 0 saturated carbocycles. The second-order valence-electron chi connectivity index (χ2n) is 9.58. The topological polar surface area (TPSA) is 91.6 Å². The van der Waals surface area contributed by atoms with E-state index in [2.05, 4.69) is 5.32 Å². The van der Waals surface area contributed by atoms with Crippen LogP contribution in [0.2, 0.25) is 0 Å². The van der Waals surface area contributed by atoms with E-state index in [1.54, 1.807) is 44.5 Å². The van der Waals surface area contributed by atoms with Crippen molar-refractivity contribution in [2.24, 2.45) is 0 Å². The van der Waals surface area contributed by atoms with Gasteiger partial charge in [0.2, 0.25) is 5.91 Å². The fraction of sp³-hybridized carbons (Fsp3) is 0.321. The average molecular weight is 476 g/mol. The third-order valence-electron chi connectivity index (χ3n) is 5.92. The highest BCUT2D eigenvalue weighted by molar-refractivity contribution is 5.98. The molecule has 2 aromatic carbocycles. The second-order valence-corrected chi connectivity index (χ2v) is 9.58. The molecule has 2 amide bonds. The summed E-state index contributed by atoms with van der Waals surface area (Å²) in [4.78, 5) is 39.0. The molecule has 0 unspecified atom stereocenters. The van der Waals surface area contributed by atoms with Gasteiger partial charge in [0.25, 0.3) is 5.91 Å². The third kappa shape index (κ3) is 6.59. The van der Waals surface area contributed by atoms with Crippen LogP contribution in [0.3, 0.4) is 0 Å². The first-order chi connectivity index (χ1) is 16.6. The van der Waals surface area contributed by atoms with Gasteiger partial charge in [0.05, 0.1) is 5.52 Å². The lowest BCUT2D eigenvalue weighted by Gasteiger charge is -2.37. The number of fused-ring (bicyclic) bond motifs is 1. The van der Waals surface area contributed by atoms with Gasteiger partial charge in [-0.1, -0.05) is 54.6 Å². The van der Waals surface area contributed by atoms with Gasteiger partial charge in [0.1, 0.15) is 6.04 Å². The van der Waals surface area contributed by atoms with Crippen molar-refractivity contribution in [2.75, 3.05) is 0 Å². The Bertz CT molecular complexity index is 1210. The molecule has 3 aromatic rings. The summed E-state index contributed by atoms with van der Waals surface area (Å²) >= 11 is 0. The van der Waals surface area contributed by atoms with E-state index in [0.29, 0.717) is 12.8 Å². The van der Waals surface area contributed by atoms with Gasteiger partial charge in [-0.25, -0.2) is 4.79 Å². The predicted octanol–water partition coefficient (Wildman–Crippen LogP) is 5.12. The lowest BCUT2D eigenvalue weighted by Crippen LogP contribution is -2.56. The third-order valence-corrected chi connectivity index (χ3v) is 5.92. The summed E-state index contributed by atoms with van der Waals surface area (Å²) in [7, 11) is 0. The molecule has 0 bridgehead atoms. The van der Waals surface area contributed by atoms with Crippen LogP contribution in [0.4, 0.5) is 4.79 Å². The normalized spacial score (nSPS) is 13.5. The molecule has 0 radical (unpaired) electrons. The van der Waals surface area contributed by atoms with Crippen molar-refractivity contribution in [3.63, 3.8) is 0 Å². The number of carbonyl (C=O) groups excluding carboxylic acids is 2. The lowest BCUT2D eigenvalue weighted by atomic mass is 10.0. The number of para-hydroxylation sites is 1. The molecule has 1 aromatic heterocycles. The number of allylic oxidation sites excluding steroid dienone is 1. The van der Waals surface area contributed by atoms with Crippen LogP contribution in [0.15, 0.2) is 79.0 Å². The summed E-state index contributed by atoms with van der Waals surface area (Å²) in [6.45, 7) is 6.82. The monoisotopic (exact) mass is 475 g/mol. The van der Waals surface area contributed by atoms with E-state index in [1.807, 2.05) is 60.7 Å². The molecule has 3 rings (SSSR count). The number of hydrogen-bond donors (Lipinski definition) is 2. The summed E-state index contributed by atoms with van der Waals surface area (Å²) in [5.74, 6) is -0.635. The summed E-state index contributed by atoms with van der Waals surface area (Å²) in [5, 5.41) is 13.6. The summed E-state index contributed by atoms with van der Waals surface area (Å²) in [6.07, 6.45) is 4.96. The van der Waals surface area contributed by atoms with Crippen molar-refractivity contribution in [1.29, 1.82) is 0 Å². The maximum absolute atomic E-state index is 13.1. The number of rotatable bonds is 8. The fourth-order valence-corrected chi connectivity index (χ4v) is 4.19. The molecular formula is C28H33N3O4. The number of aryl methyl sites for hydroxylation is 1. The first-order valence-electron chi connectivity index (χ1n) is 11.7. The zero-order chi connectivity index (χ0) is 25.6. The minimum atomic E-state index is -1.16. The molecule has 35 heavy (non-hydrogen) atoms. The van der Waals surface area contributed by atoms with E-state index < -0.39 is 29.6 Å². The number of nitrogens with zero attached hydrogens (tertiary/aromatic N) is 2. The number of hydrogen-bond acceptors (Lipinski definition) is 3. The van der Waals surface area contributed by atoms with E-state index in [-0.39, 0.29) is 5.91 Å². The Kier molecular flexibility index (Phi) is 8.12. The number of aromatic nitrogens is 1. The standard InChI is InChI=1S/C28H33N3O4/c1-20(31(27(34)35)28(2,3)4)26(33)29-23(15-14-21-10-6-5-7-11-21)16-17-25(32)30-19-18-22-12-8-9-13-24(22)30/h5-13,16-20,23H,14-15H2,1-4H3,(H,29,33)(H,34,35)/t20-,23-/m0/s1. The van der Waals surface area contributed by atoms with Crippen LogP contribution in [-0.2, 0) is 11.2 Å². The summed E-state index contributed by atoms with van der Waals surface area (Å²) in [5.41, 5.74) is 1.17. The zero-order valence-corrected chi connectivity index (χ0v) is 20.6. The zero-order valence-electron chi connectivity index (χ0n) is 20.6. The maximum atomic E-state index is 13.1. The van der Waals surface area contributed by atoms with Gasteiger partial charge in [0.15, 0.2) is 0 Å². The minimum absolute atomic E-state index is 0.222. The number of benzene rings is 2. The fourth-order valence-electron chi connectivity index (χ4n) is 4.19. The van der Waals surface area contributed by atoms with Crippen molar-refractivity contribution in [1.82, 2.24) is 14.8 Å². The number of carboxylic acid groups (broad SMARTS) is 1. The van der Waals surface area contributed by atoms with E-state index >= 15 is 0 Å². The molecule has 0 aliphatic rings. The Morgan fingerprint density at radius 1 is 1.03 bits per heavy atom. The van der Waals surface area contributed by atoms with Crippen molar-refractivity contribution >= 4 is 28.8 Å². The van der Waals surface area contributed by atoms with Gasteiger partial charge in [-0.15, -0.1) is 0 Å². The predicted molar refractivity (Wildman–Crippen MR) is 137 cm³/mol. The number of amides is 2. The minimum Gasteiger partial charge on any atom is -0.465 e. The largest absolute Gasteiger partial charge is 0.465 e. The van der Waals surface area contributed by atoms with Crippen molar-refractivity contribution in [3.8, 4) is 0 Å². The van der Waals surface area contributed by atoms with Gasteiger partial charge in [-0.3, -0.25) is 19.1 Å². The van der Waals surface area contributed by atoms with Crippen LogP contribution in [-0.4, -0.2) is 50.1 Å². The summed E-state index contributed by atoms with van der Waals surface area (Å²) < 4.78 is 1.57. The van der Waals surface area contributed by atoms with Crippen molar-refractivity contribution in [2.45, 2.75) is 58.2 Å². The molecule has 0 aliphatic heterocycles. The molecule has 1 heterocycles. The van der Waals surface area contributed by atoms with E-state index in [0.717, 1.165) is 21.4 Å². The van der Waals surface area contributed by atoms with E-state index in [1.165, 1.54) is 6.08 Å². The van der Waals surface area contributed by atoms with Crippen LogP contribution in [0.25, 0.3) is 10.9 Å². The molecular weight excluding hydrogens is 442 g/mol. The average Bonchev–Trinajstić information content (AvgIpc) is 3.24. The molecule has 0 aliphatic carbocycles. The van der Waals surface area contributed by atoms with E-state index in [4.69, 9.17) is 0 Å². The van der Waals surface area contributed by atoms with Crippen molar-refractivity contribution < 1.29 is 19.5 Å². The Morgan fingerprint density at radius 2 is 1.69 bits per heavy atom. The molecule has 7 nitrogen and oxygen atoms in total. The van der Waals surface area contributed by atoms with E-state index in [9.17, 15) is 19.5 Å². The highest BCUT2D eigenvalue weighted by atomic mass is 16.4. The van der Waals surface area contributed by atoms with Gasteiger partial charge in [-0.2, -0.15) is 0 Å². The Balaban J connectivity index is 1.79. The quantitative estimate of drug-likeness (QED) is 0.442. The van der Waals surface area contributed by atoms with Crippen LogP contribution < -0.4 is 5.32 Å². The molecule has 0 spiro atoms. The van der Waals surface area contributed by atoms with Gasteiger partial charge < -0.3 is 10.4 Å². The number of carbonyl (C=O) groups is 3. The van der Waals surface area contributed by atoms with Crippen LogP contribution in [0.5, 0.6) is 0 Å². The first-order valence-corrected chi connectivity index (χ1v) is 11.7. The van der Waals surface area contributed by atoms with Gasteiger partial charge >= 0.3 is 6.09 Å². The van der Waals surface area contributed by atoms with Crippen LogP contribution in [0, 0.1) is 0 Å². The molecule has 2 atom stereocenters. The first kappa shape index (κ1) is 25.7. The van der Waals surface area contributed by atoms with Crippen molar-refractivity contribution in [3.05, 3.63) is 84.6 Å². The Hall–Kier alpha value is -3.87. The molecule has 2 N–H and O–H groups in total. The van der Waals surface area contributed by atoms with Crippen LogP contribution in [0.1, 0.15) is 44.5 Å². The molecule has 0 saturated heterocycles. The van der Waals surface area contributed by atoms with Gasteiger partial charge in [-0.05, 0) is 58.2 Å². The molecule has 184 valence electrons. The van der Waals surface area contributed by atoms with Gasteiger partial charge in [0, 0.05) is 29.2 Å². The molecule has 0 fully saturated rings. The highest BCUT2D eigenvalue weighted by Crippen LogP contribution is 2.18. The maximum Gasteiger partial charge on any atom is 0.408 e. The second kappa shape index (κ2) is 11.0. The number of nitrogens with one attached hydrogen (secondary N) is 1. The lowest BCUT2D eigenvalue weighted by molar-refractivity contribution is -0.127. The Morgan fingerprint density at radius 3 is 2.34 bits per heavy atom. The molecule has 7 heteroatoms. The highest BCUT2D eigenvalue weighted by Gasteiger charge is 2.35. The van der Waals surface area contributed by atoms with Crippen LogP contribution >= 0.6 is 0 Å². The SMILES string of the molecule is C[C@@H](C(=O)N[C@H](C=CC(=O)n1ccc2ccccc21)CCc1ccccc1)N(C(=O)O)C(C)(C)C.